The van der Waals surface area contributed by atoms with Gasteiger partial charge in [0.05, 0.1) is 48.4 Å². The Morgan fingerprint density at radius 3 is 1.07 bits per heavy atom. The van der Waals surface area contributed by atoms with Crippen LogP contribution in [0.15, 0.2) is 170 Å². The molecule has 471 valence electrons. The van der Waals surface area contributed by atoms with Gasteiger partial charge in [-0.05, 0) is 82.5 Å². The summed E-state index contributed by atoms with van der Waals surface area (Å²) in [7, 11) is 8.72. The van der Waals surface area contributed by atoms with Crippen molar-refractivity contribution in [3.63, 3.8) is 0 Å². The van der Waals surface area contributed by atoms with Gasteiger partial charge in [-0.3, -0.25) is 48.1 Å². The number of halogens is 2. The summed E-state index contributed by atoms with van der Waals surface area (Å²) >= 11 is 0. The van der Waals surface area contributed by atoms with Crippen LogP contribution in [-0.4, -0.2) is 95.7 Å². The minimum absolute atomic E-state index is 0. The number of benzene rings is 4. The number of carbonyl (C=O) groups excluding carboxylic acids is 3. The number of ether oxygens (including phenoxy) is 2. The van der Waals surface area contributed by atoms with Crippen molar-refractivity contribution in [2.45, 2.75) is 54.8 Å². The normalized spacial score (nSPS) is 10.9. The predicted molar refractivity (Wildman–Crippen MR) is 320 cm³/mol. The van der Waals surface area contributed by atoms with Crippen LogP contribution in [0.1, 0.15) is 69.4 Å². The second-order valence-corrected chi connectivity index (χ2v) is 18.2. The van der Waals surface area contributed by atoms with E-state index in [1.165, 1.54) is 41.5 Å². The van der Waals surface area contributed by atoms with Crippen molar-refractivity contribution >= 4 is 34.1 Å². The Balaban J connectivity index is 0.000000526. The van der Waals surface area contributed by atoms with Crippen molar-refractivity contribution in [3.8, 4) is 45.7 Å². The predicted octanol–water partition coefficient (Wildman–Crippen LogP) is 11.4. The minimum Gasteiger partial charge on any atom is -0.540 e. The van der Waals surface area contributed by atoms with Gasteiger partial charge in [0, 0.05) is 180 Å². The molecule has 23 heteroatoms. The van der Waals surface area contributed by atoms with Crippen molar-refractivity contribution < 1.29 is 118 Å². The van der Waals surface area contributed by atoms with E-state index in [4.69, 9.17) is 9.47 Å². The SMILES string of the molecule is CC(=O)C(=C(C)O)c1ccccc1.CC(=O)C(=C(C)O)c1ccncc1.CC(=O)C(=C(C)O)c1ccncc1.COc1c[c-]c(-c2nccn2C)c(CO)c1.COc1c[c-]c(-c2nccn2C)c(CO)c1.Cn1ccnc1-c1[c-]cc(F)cc1F.[Ir].[Ir].[Ir]. The number of aromatic nitrogens is 8. The number of aliphatic hydroxyl groups excluding tert-OH is 5. The van der Waals surface area contributed by atoms with Crippen LogP contribution < -0.4 is 9.47 Å². The Bertz CT molecular complexity index is 3470. The number of methoxy groups -OCH3 is 2. The maximum absolute atomic E-state index is 13.3. The molecule has 5 N–H and O–H groups in total. The van der Waals surface area contributed by atoms with Crippen LogP contribution in [0, 0.1) is 29.8 Å². The summed E-state index contributed by atoms with van der Waals surface area (Å²) in [5, 5.41) is 46.5. The average molecular weight is 1730 g/mol. The topological polar surface area (TPSA) is 250 Å². The number of Topliss-reactive ketones (excluding diaryl/α,β-unsaturated/α-hetero) is 3. The Morgan fingerprint density at radius 2 is 0.795 bits per heavy atom. The summed E-state index contributed by atoms with van der Waals surface area (Å²) in [4.78, 5) is 53.5. The van der Waals surface area contributed by atoms with Crippen LogP contribution in [0.4, 0.5) is 8.78 Å². The first-order valence-corrected chi connectivity index (χ1v) is 25.9. The molecule has 0 amide bonds. The standard InChI is InChI=1S/2C12H13N2O2.C11H12O2.C10H7F2N2.2C10H11NO2.3Ir/c2*1-14-6-5-13-12(14)11-4-3-10(16-2)7-9(11)8-15;1-8(12)11(9(2)13)10-6-4-3-5-7-10;1-14-5-4-13-10(14)8-3-2-7(11)6-9(8)12;2*1-7(12)10(8(2)13)9-3-5-11-6-4-9;;;/h2*3,5-7,15H,8H2,1-2H3;3-7,12H,1-2H3;2,4-6H,1H3;2*3-6,12H,1-2H3;;;/q2*-1;;-1;;;;;. The molecular formula is C65H67F2Ir3N8O10-3. The van der Waals surface area contributed by atoms with Crippen molar-refractivity contribution in [2.75, 3.05) is 14.2 Å². The monoisotopic (exact) mass is 1740 g/mol. The number of aliphatic hydroxyl groups is 5. The van der Waals surface area contributed by atoms with Crippen LogP contribution in [0.25, 0.3) is 50.9 Å². The molecule has 88 heavy (non-hydrogen) atoms. The zero-order chi connectivity index (χ0) is 62.8. The molecule has 0 spiro atoms. The van der Waals surface area contributed by atoms with E-state index < -0.39 is 11.6 Å². The molecule has 18 nitrogen and oxygen atoms in total. The fourth-order valence-electron chi connectivity index (χ4n) is 8.02. The zero-order valence-electron chi connectivity index (χ0n) is 50.0. The number of hydrogen-bond donors (Lipinski definition) is 5. The molecule has 0 aliphatic heterocycles. The van der Waals surface area contributed by atoms with E-state index in [1.54, 1.807) is 136 Å². The van der Waals surface area contributed by atoms with Gasteiger partial charge >= 0.3 is 0 Å². The summed E-state index contributed by atoms with van der Waals surface area (Å²) in [5.74, 6) is 1.81. The van der Waals surface area contributed by atoms with E-state index in [0.717, 1.165) is 51.6 Å². The Hall–Kier alpha value is -8.23. The Kier molecular flexibility index (Phi) is 34.9. The van der Waals surface area contributed by atoms with Crippen LogP contribution in [0.3, 0.4) is 0 Å². The number of aryl methyl sites for hydroxylation is 3. The molecule has 4 aromatic carbocycles. The Labute approximate surface area is 551 Å². The Morgan fingerprint density at radius 1 is 0.477 bits per heavy atom. The molecule has 9 aromatic rings. The van der Waals surface area contributed by atoms with E-state index >= 15 is 0 Å². The van der Waals surface area contributed by atoms with Gasteiger partial charge in [0.25, 0.3) is 0 Å². The number of hydrogen-bond acceptors (Lipinski definition) is 15. The van der Waals surface area contributed by atoms with Crippen molar-refractivity contribution in [1.29, 1.82) is 0 Å². The molecule has 0 saturated heterocycles. The maximum Gasteiger partial charge on any atom is 0.163 e. The fraction of sp³-hybridized carbons (Fsp3) is 0.200. The summed E-state index contributed by atoms with van der Waals surface area (Å²) in [5.41, 5.74) is 6.54. The summed E-state index contributed by atoms with van der Waals surface area (Å²) in [6.45, 7) is 8.69. The third-order valence-electron chi connectivity index (χ3n) is 11.9. The minimum atomic E-state index is -0.653. The third-order valence-corrected chi connectivity index (χ3v) is 11.9. The number of allylic oxidation sites excluding steroid dienone is 6. The van der Waals surface area contributed by atoms with E-state index in [9.17, 15) is 48.7 Å². The second-order valence-electron chi connectivity index (χ2n) is 18.2. The van der Waals surface area contributed by atoms with Crippen molar-refractivity contribution in [3.05, 3.63) is 228 Å². The molecule has 0 saturated carbocycles. The molecule has 0 unspecified atom stereocenters. The quantitative estimate of drug-likeness (QED) is 0.0409. The third kappa shape index (κ3) is 23.1. The second kappa shape index (κ2) is 39.5. The number of imidazole rings is 3. The summed E-state index contributed by atoms with van der Waals surface area (Å²) in [6, 6.07) is 33.6. The summed E-state index contributed by atoms with van der Waals surface area (Å²) < 4.78 is 41.5. The molecule has 0 aliphatic carbocycles. The molecule has 9 rings (SSSR count). The molecule has 0 bridgehead atoms. The van der Waals surface area contributed by atoms with Gasteiger partial charge in [0.2, 0.25) is 0 Å². The van der Waals surface area contributed by atoms with E-state index in [2.05, 4.69) is 43.1 Å². The molecule has 0 fully saturated rings. The van der Waals surface area contributed by atoms with Crippen LogP contribution in [0.2, 0.25) is 0 Å². The van der Waals surface area contributed by atoms with E-state index in [0.29, 0.717) is 45.2 Å². The van der Waals surface area contributed by atoms with Crippen molar-refractivity contribution in [1.82, 2.24) is 38.6 Å². The smallest absolute Gasteiger partial charge is 0.163 e. The van der Waals surface area contributed by atoms with Gasteiger partial charge in [-0.1, -0.05) is 65.2 Å². The van der Waals surface area contributed by atoms with Crippen LogP contribution in [0.5, 0.6) is 11.5 Å². The number of rotatable bonds is 13. The van der Waals surface area contributed by atoms with Crippen molar-refractivity contribution in [2.24, 2.45) is 21.1 Å². The average Bonchev–Trinajstić information content (AvgIpc) is 2.25. The molecule has 5 heterocycles. The molecule has 5 aromatic heterocycles. The molecule has 3 radical (unpaired) electrons. The van der Waals surface area contributed by atoms with Gasteiger partial charge in [-0.15, -0.1) is 47.5 Å². The van der Waals surface area contributed by atoms with Gasteiger partial charge in [-0.2, -0.15) is 0 Å². The van der Waals surface area contributed by atoms with E-state index in [-0.39, 0.29) is 114 Å². The van der Waals surface area contributed by atoms with E-state index in [1.807, 2.05) is 53.8 Å². The first kappa shape index (κ1) is 77.8. The zero-order valence-corrected chi connectivity index (χ0v) is 57.1. The van der Waals surface area contributed by atoms with Gasteiger partial charge in [0.15, 0.2) is 17.3 Å². The number of nitrogens with zero attached hydrogens (tertiary/aromatic N) is 8. The van der Waals surface area contributed by atoms with Crippen LogP contribution >= 0.6 is 0 Å². The van der Waals surface area contributed by atoms with Crippen LogP contribution in [-0.2, 0) is 109 Å². The maximum atomic E-state index is 13.3. The fourth-order valence-corrected chi connectivity index (χ4v) is 8.02. The first-order valence-electron chi connectivity index (χ1n) is 25.9. The number of carbonyl (C=O) groups is 3. The largest absolute Gasteiger partial charge is 0.540 e. The molecule has 0 aliphatic rings. The summed E-state index contributed by atoms with van der Waals surface area (Å²) in [6.07, 6.45) is 16.7. The first-order chi connectivity index (χ1) is 40.6. The molecular weight excluding hydrogens is 1670 g/mol. The number of pyridine rings is 2. The van der Waals surface area contributed by atoms with Gasteiger partial charge < -0.3 is 48.7 Å². The van der Waals surface area contributed by atoms with Gasteiger partial charge in [0.1, 0.15) is 17.3 Å². The van der Waals surface area contributed by atoms with Gasteiger partial charge in [-0.25, -0.2) is 0 Å². The number of ketones is 3. The molecule has 0 atom stereocenters.